The van der Waals surface area contributed by atoms with Gasteiger partial charge in [0.05, 0.1) is 0 Å². The summed E-state index contributed by atoms with van der Waals surface area (Å²) in [4.78, 5) is 19.7. The number of rotatable bonds is 6. The molecule has 0 saturated heterocycles. The molecule has 1 aromatic heterocycles. The van der Waals surface area contributed by atoms with Crippen molar-refractivity contribution in [2.24, 2.45) is 0 Å². The summed E-state index contributed by atoms with van der Waals surface area (Å²) in [7, 11) is 0. The van der Waals surface area contributed by atoms with Crippen LogP contribution in [0.5, 0.6) is 0 Å². The Hall–Kier alpha value is -1.36. The van der Waals surface area contributed by atoms with Crippen molar-refractivity contribution in [2.45, 2.75) is 33.1 Å². The molecule has 1 aromatic rings. The summed E-state index contributed by atoms with van der Waals surface area (Å²) in [6, 6.07) is 1.66. The lowest BCUT2D eigenvalue weighted by atomic mass is 10.2. The zero-order chi connectivity index (χ0) is 13.5. The molecule has 0 radical (unpaired) electrons. The van der Waals surface area contributed by atoms with E-state index in [1.807, 2.05) is 20.8 Å². The van der Waals surface area contributed by atoms with E-state index in [0.717, 1.165) is 0 Å². The quantitative estimate of drug-likeness (QED) is 0.778. The van der Waals surface area contributed by atoms with Gasteiger partial charge in [-0.1, -0.05) is 25.4 Å². The first-order valence-electron chi connectivity index (χ1n) is 6.08. The fourth-order valence-corrected chi connectivity index (χ4v) is 1.56. The fraction of sp³-hybridized carbons (Fsp3) is 0.583. The van der Waals surface area contributed by atoms with Gasteiger partial charge in [0.2, 0.25) is 5.91 Å². The molecule has 1 rings (SSSR count). The number of aromatic nitrogens is 2. The third kappa shape index (κ3) is 4.87. The Morgan fingerprint density at radius 2 is 2.17 bits per heavy atom. The number of hydrogen-bond donors (Lipinski definition) is 2. The van der Waals surface area contributed by atoms with E-state index in [1.165, 1.54) is 0 Å². The monoisotopic (exact) mass is 270 g/mol. The lowest BCUT2D eigenvalue weighted by molar-refractivity contribution is -0.120. The molecule has 0 aliphatic rings. The maximum Gasteiger partial charge on any atom is 0.221 e. The maximum absolute atomic E-state index is 11.3. The highest BCUT2D eigenvalue weighted by Crippen LogP contribution is 2.16. The fourth-order valence-electron chi connectivity index (χ4n) is 1.37. The first-order valence-corrected chi connectivity index (χ1v) is 6.45. The molecular formula is C12H19ClN4O. The SMILES string of the molecule is CCNC(=O)CCNc1cc(Cl)nc(C(C)C)n1. The Bertz CT molecular complexity index is 409. The van der Waals surface area contributed by atoms with Gasteiger partial charge < -0.3 is 10.6 Å². The number of halogens is 1. The van der Waals surface area contributed by atoms with Crippen molar-refractivity contribution in [3.63, 3.8) is 0 Å². The van der Waals surface area contributed by atoms with Crippen LogP contribution in [0.25, 0.3) is 0 Å². The van der Waals surface area contributed by atoms with E-state index in [9.17, 15) is 4.79 Å². The number of carbonyl (C=O) groups is 1. The van der Waals surface area contributed by atoms with Crippen molar-refractivity contribution in [1.82, 2.24) is 15.3 Å². The third-order valence-corrected chi connectivity index (χ3v) is 2.45. The van der Waals surface area contributed by atoms with E-state index in [2.05, 4.69) is 20.6 Å². The average molecular weight is 271 g/mol. The van der Waals surface area contributed by atoms with Crippen LogP contribution in [0.4, 0.5) is 5.82 Å². The summed E-state index contributed by atoms with van der Waals surface area (Å²) >= 11 is 5.91. The first kappa shape index (κ1) is 14.7. The molecule has 0 fully saturated rings. The van der Waals surface area contributed by atoms with Crippen LogP contribution in [0.1, 0.15) is 38.9 Å². The minimum Gasteiger partial charge on any atom is -0.369 e. The van der Waals surface area contributed by atoms with Crippen LogP contribution >= 0.6 is 11.6 Å². The second-order valence-electron chi connectivity index (χ2n) is 4.22. The molecule has 5 nitrogen and oxygen atoms in total. The second-order valence-corrected chi connectivity index (χ2v) is 4.61. The van der Waals surface area contributed by atoms with E-state index >= 15 is 0 Å². The van der Waals surface area contributed by atoms with Gasteiger partial charge in [-0.05, 0) is 6.92 Å². The summed E-state index contributed by atoms with van der Waals surface area (Å²) in [5.41, 5.74) is 0. The van der Waals surface area contributed by atoms with Crippen LogP contribution in [0.15, 0.2) is 6.07 Å². The number of amides is 1. The average Bonchev–Trinajstić information content (AvgIpc) is 2.28. The first-order chi connectivity index (χ1) is 8.52. The normalized spacial score (nSPS) is 10.5. The molecule has 100 valence electrons. The van der Waals surface area contributed by atoms with E-state index in [4.69, 9.17) is 11.6 Å². The van der Waals surface area contributed by atoms with Crippen molar-refractivity contribution in [1.29, 1.82) is 0 Å². The minimum absolute atomic E-state index is 0.0224. The highest BCUT2D eigenvalue weighted by atomic mass is 35.5. The molecule has 1 amide bonds. The maximum atomic E-state index is 11.3. The molecule has 0 unspecified atom stereocenters. The third-order valence-electron chi connectivity index (χ3n) is 2.26. The standard InChI is InChI=1S/C12H19ClN4O/c1-4-14-11(18)5-6-15-10-7-9(13)16-12(17-10)8(2)3/h7-8H,4-6H2,1-3H3,(H,14,18)(H,15,16,17). The summed E-state index contributed by atoms with van der Waals surface area (Å²) in [5, 5.41) is 6.22. The summed E-state index contributed by atoms with van der Waals surface area (Å²) in [6.07, 6.45) is 0.409. The highest BCUT2D eigenvalue weighted by molar-refractivity contribution is 6.29. The van der Waals surface area contributed by atoms with Gasteiger partial charge in [-0.15, -0.1) is 0 Å². The van der Waals surface area contributed by atoms with Gasteiger partial charge in [-0.2, -0.15) is 0 Å². The van der Waals surface area contributed by atoms with Crippen LogP contribution in [-0.4, -0.2) is 29.0 Å². The van der Waals surface area contributed by atoms with E-state index < -0.39 is 0 Å². The molecule has 2 N–H and O–H groups in total. The van der Waals surface area contributed by atoms with Gasteiger partial charge in [0.1, 0.15) is 16.8 Å². The molecular weight excluding hydrogens is 252 g/mol. The lowest BCUT2D eigenvalue weighted by Gasteiger charge is -2.09. The van der Waals surface area contributed by atoms with Crippen molar-refractivity contribution < 1.29 is 4.79 Å². The van der Waals surface area contributed by atoms with Crippen LogP contribution in [-0.2, 0) is 4.79 Å². The highest BCUT2D eigenvalue weighted by Gasteiger charge is 2.07. The Morgan fingerprint density at radius 1 is 1.44 bits per heavy atom. The van der Waals surface area contributed by atoms with Gasteiger partial charge >= 0.3 is 0 Å². The molecule has 0 aliphatic heterocycles. The van der Waals surface area contributed by atoms with Gasteiger partial charge in [0.25, 0.3) is 0 Å². The number of anilines is 1. The van der Waals surface area contributed by atoms with Gasteiger partial charge in [0, 0.05) is 31.5 Å². The Morgan fingerprint density at radius 3 is 2.78 bits per heavy atom. The molecule has 0 saturated carbocycles. The zero-order valence-electron chi connectivity index (χ0n) is 11.0. The number of nitrogens with one attached hydrogen (secondary N) is 2. The van der Waals surface area contributed by atoms with Crippen molar-refractivity contribution in [3.05, 3.63) is 17.0 Å². The van der Waals surface area contributed by atoms with Gasteiger partial charge in [-0.25, -0.2) is 9.97 Å². The summed E-state index contributed by atoms with van der Waals surface area (Å²) < 4.78 is 0. The largest absolute Gasteiger partial charge is 0.369 e. The van der Waals surface area contributed by atoms with Gasteiger partial charge in [-0.3, -0.25) is 4.79 Å². The summed E-state index contributed by atoms with van der Waals surface area (Å²) in [5.74, 6) is 1.59. The summed E-state index contributed by atoms with van der Waals surface area (Å²) in [6.45, 7) is 7.07. The van der Waals surface area contributed by atoms with Crippen LogP contribution in [0.3, 0.4) is 0 Å². The van der Waals surface area contributed by atoms with E-state index in [0.29, 0.717) is 36.3 Å². The molecule has 0 aliphatic carbocycles. The molecule has 0 atom stereocenters. The number of carbonyl (C=O) groups excluding carboxylic acids is 1. The topological polar surface area (TPSA) is 66.9 Å². The Kier molecular flexibility index (Phi) is 5.85. The van der Waals surface area contributed by atoms with Crippen molar-refractivity contribution in [2.75, 3.05) is 18.4 Å². The number of hydrogen-bond acceptors (Lipinski definition) is 4. The van der Waals surface area contributed by atoms with Crippen LogP contribution in [0.2, 0.25) is 5.15 Å². The molecule has 0 aromatic carbocycles. The lowest BCUT2D eigenvalue weighted by Crippen LogP contribution is -2.24. The van der Waals surface area contributed by atoms with Crippen LogP contribution < -0.4 is 10.6 Å². The molecule has 1 heterocycles. The Balaban J connectivity index is 2.54. The Labute approximate surface area is 112 Å². The predicted molar refractivity (Wildman–Crippen MR) is 72.9 cm³/mol. The molecule has 6 heteroatoms. The smallest absolute Gasteiger partial charge is 0.221 e. The zero-order valence-corrected chi connectivity index (χ0v) is 11.7. The number of nitrogens with zero attached hydrogens (tertiary/aromatic N) is 2. The van der Waals surface area contributed by atoms with Crippen LogP contribution in [0, 0.1) is 0 Å². The molecule has 0 bridgehead atoms. The second kappa shape index (κ2) is 7.16. The van der Waals surface area contributed by atoms with Crippen molar-refractivity contribution >= 4 is 23.3 Å². The van der Waals surface area contributed by atoms with Gasteiger partial charge in [0.15, 0.2) is 0 Å². The van der Waals surface area contributed by atoms with E-state index in [-0.39, 0.29) is 11.8 Å². The molecule has 18 heavy (non-hydrogen) atoms. The minimum atomic E-state index is 0.0224. The molecule has 0 spiro atoms. The van der Waals surface area contributed by atoms with Crippen molar-refractivity contribution in [3.8, 4) is 0 Å². The van der Waals surface area contributed by atoms with E-state index in [1.54, 1.807) is 6.07 Å². The predicted octanol–water partition coefficient (Wildman–Crippen LogP) is 2.19.